The Morgan fingerprint density at radius 2 is 0.712 bits per heavy atom. The molecular weight excluding hydrogens is 1390 g/mol. The number of carbonyl (C=O) groups is 8. The van der Waals surface area contributed by atoms with Crippen molar-refractivity contribution in [3.05, 3.63) is 189 Å². The summed E-state index contributed by atoms with van der Waals surface area (Å²) in [7, 11) is 0. The van der Waals surface area contributed by atoms with E-state index in [-0.39, 0.29) is 46.3 Å². The van der Waals surface area contributed by atoms with Crippen molar-refractivity contribution in [1.82, 2.24) is 38.3 Å². The third-order valence-corrected chi connectivity index (χ3v) is 25.1. The lowest BCUT2D eigenvalue weighted by Crippen LogP contribution is -2.50. The number of carbonyl (C=O) groups excluding carboxylic acids is 8. The van der Waals surface area contributed by atoms with Gasteiger partial charge in [0.25, 0.3) is 0 Å². The second-order valence-electron chi connectivity index (χ2n) is 31.6. The first-order chi connectivity index (χ1) is 53.7. The van der Waals surface area contributed by atoms with Gasteiger partial charge in [-0.2, -0.15) is 0 Å². The fourth-order valence-corrected chi connectivity index (χ4v) is 17.9. The van der Waals surface area contributed by atoms with E-state index in [0.29, 0.717) is 41.1 Å². The van der Waals surface area contributed by atoms with Gasteiger partial charge in [-0.25, -0.2) is 0 Å². The summed E-state index contributed by atoms with van der Waals surface area (Å²) in [6.07, 6.45) is 14.8. The van der Waals surface area contributed by atoms with Crippen molar-refractivity contribution >= 4 is 133 Å². The van der Waals surface area contributed by atoms with Crippen molar-refractivity contribution in [3.63, 3.8) is 0 Å². The molecule has 0 spiro atoms. The first-order valence-electron chi connectivity index (χ1n) is 40.7. The fraction of sp³-hybridized carbons (Fsp3) is 0.404. The summed E-state index contributed by atoms with van der Waals surface area (Å²) in [5.74, 6) is 0.865. The first kappa shape index (κ1) is 76.5. The molecule has 0 amide bonds. The Morgan fingerprint density at radius 3 is 1.03 bits per heavy atom. The number of ether oxygens (including phenoxy) is 1. The van der Waals surface area contributed by atoms with Gasteiger partial charge in [0, 0.05) is 228 Å². The molecule has 0 bridgehead atoms. The summed E-state index contributed by atoms with van der Waals surface area (Å²) >= 11 is 0. The number of likely N-dealkylation sites (N-methyl/N-ethyl adjacent to an activating group) is 1. The Kier molecular flexibility index (Phi) is 22.6. The van der Waals surface area contributed by atoms with Crippen molar-refractivity contribution < 1.29 is 43.1 Å². The topological polar surface area (TPSA) is 187 Å². The molecule has 6 aliphatic rings. The van der Waals surface area contributed by atoms with E-state index < -0.39 is 0 Å². The third kappa shape index (κ3) is 15.3. The number of hydrogen-bond donors (Lipinski definition) is 1. The van der Waals surface area contributed by atoms with Crippen LogP contribution < -0.4 is 5.32 Å². The van der Waals surface area contributed by atoms with Crippen molar-refractivity contribution in [2.24, 2.45) is 0 Å². The number of fused-ring (bicyclic) bond motifs is 16. The molecule has 17 heteroatoms. The molecule has 8 aromatic carbocycles. The number of aromatic nitrogens is 4. The molecule has 4 fully saturated rings. The van der Waals surface area contributed by atoms with E-state index in [2.05, 4.69) is 76.4 Å². The monoisotopic (exact) mass is 1490 g/mol. The molecule has 12 aromatic rings. The Bertz CT molecular complexity index is 5390. The Balaban J connectivity index is 0.000000118. The largest absolute Gasteiger partial charge is 0.379 e. The molecule has 1 N–H and O–H groups in total. The maximum atomic E-state index is 12.4. The maximum absolute atomic E-state index is 12.4. The van der Waals surface area contributed by atoms with Crippen LogP contribution in [0, 0.1) is 0 Å². The summed E-state index contributed by atoms with van der Waals surface area (Å²) < 4.78 is 14.9. The van der Waals surface area contributed by atoms with Gasteiger partial charge in [0.15, 0.2) is 46.3 Å². The highest BCUT2D eigenvalue weighted by atomic mass is 16.5. The Labute approximate surface area is 649 Å². The molecule has 18 rings (SSSR count). The van der Waals surface area contributed by atoms with E-state index in [9.17, 15) is 38.4 Å². The summed E-state index contributed by atoms with van der Waals surface area (Å²) in [5.41, 5.74) is 17.6. The minimum atomic E-state index is 0.0543. The van der Waals surface area contributed by atoms with Gasteiger partial charge in [-0.05, 0) is 251 Å². The summed E-state index contributed by atoms with van der Waals surface area (Å²) in [4.78, 5) is 104. The van der Waals surface area contributed by atoms with Crippen LogP contribution in [0.25, 0.3) is 87.2 Å². The van der Waals surface area contributed by atoms with Crippen molar-refractivity contribution in [2.75, 3.05) is 65.6 Å². The molecule has 5 heterocycles. The number of Topliss-reactive ketones (excluding diaryl/α,β-unsaturated/α-hetero) is 8. The molecule has 3 saturated carbocycles. The fourth-order valence-electron chi connectivity index (χ4n) is 17.9. The highest BCUT2D eigenvalue weighted by molar-refractivity contribution is 6.20. The van der Waals surface area contributed by atoms with Gasteiger partial charge in [0.05, 0.1) is 13.2 Å². The van der Waals surface area contributed by atoms with Crippen LogP contribution in [0.4, 0.5) is 0 Å². The molecular formula is C94H104N8O9. The van der Waals surface area contributed by atoms with Gasteiger partial charge in [-0.3, -0.25) is 48.2 Å². The van der Waals surface area contributed by atoms with E-state index >= 15 is 0 Å². The van der Waals surface area contributed by atoms with Crippen LogP contribution in [-0.2, 0) is 43.8 Å². The molecule has 0 radical (unpaired) electrons. The van der Waals surface area contributed by atoms with Gasteiger partial charge in [0.2, 0.25) is 0 Å². The lowest BCUT2D eigenvalue weighted by molar-refractivity contribution is 0.0366. The van der Waals surface area contributed by atoms with Crippen LogP contribution in [0.2, 0.25) is 0 Å². The third-order valence-electron chi connectivity index (χ3n) is 25.1. The van der Waals surface area contributed by atoms with E-state index in [1.807, 2.05) is 109 Å². The number of aryl methyl sites for hydroxylation is 2. The number of morpholine rings is 1. The molecule has 1 aliphatic heterocycles. The van der Waals surface area contributed by atoms with Crippen LogP contribution in [-0.4, -0.2) is 163 Å². The number of hydrogen-bond acceptors (Lipinski definition) is 13. The first-order valence-corrected chi connectivity index (χ1v) is 40.7. The molecule has 111 heavy (non-hydrogen) atoms. The predicted molar refractivity (Wildman–Crippen MR) is 446 cm³/mol. The van der Waals surface area contributed by atoms with Crippen LogP contribution in [0.15, 0.2) is 133 Å². The Hall–Kier alpha value is -9.88. The SMILES string of the molecule is CC(=O)c1ccc2c(c1)c1cc(C(C)=O)ccc1n2CCN(C1CCC1)C1CCC1.CC(=O)c1ccc2c(c1)c1cc(C(C)=O)ccc1n2CCNC1CCC1.CCN(CC)CCn1c2ccc(C(C)=O)cc2c2cc(C(C)=O)ccc21.O=C1CCc2c1ccc1c2c2c3c(ccc2n1CCN1CCOCC1)C(=O)CC3. The quantitative estimate of drug-likeness (QED) is 0.0597. The molecule has 574 valence electrons. The average Bonchev–Trinajstić information content (AvgIpc) is 1.56. The van der Waals surface area contributed by atoms with E-state index in [4.69, 9.17) is 4.74 Å². The van der Waals surface area contributed by atoms with E-state index in [0.717, 1.165) is 204 Å². The van der Waals surface area contributed by atoms with E-state index in [1.165, 1.54) is 90.7 Å². The molecule has 1 saturated heterocycles. The zero-order chi connectivity index (χ0) is 77.5. The standard InChI is InChI=1S/C26H30N2O2.C24H24N2O3.C22H24N2O2.C22H26N2O2/c1-17(29)19-9-11-25-23(15-19)24-16-20(18(2)30)10-12-26(24)28(25)14-13-27(21-5-3-6-21)22-7-4-8-22;27-21-7-3-17-15(21)1-5-19-23(17)24-18-4-8-22(28)16(18)2-6-20(24)26(19)10-9-25-11-13-29-14-12-25;1-14(25)16-6-8-21-19(12-16)20-13-17(15(2)26)7-9-22(20)24(21)11-10-23-18-4-3-5-18;1-5-23(6-2)11-12-24-21-9-7-17(15(3)25)13-19(21)20-14-18(16(4)26)8-10-22(20)24/h9-12,15-16,21-22H,3-8,13-14H2,1-2H3;1-2,5-6H,3-4,7-14H2;6-9,12-13,18,23H,3-5,10-11H2,1-2H3;7-10,13-14H,5-6,11-12H2,1-4H3. The maximum Gasteiger partial charge on any atom is 0.163 e. The van der Waals surface area contributed by atoms with Crippen LogP contribution >= 0.6 is 0 Å². The van der Waals surface area contributed by atoms with Gasteiger partial charge in [-0.15, -0.1) is 0 Å². The average molecular weight is 1490 g/mol. The predicted octanol–water partition coefficient (Wildman–Crippen LogP) is 17.9. The summed E-state index contributed by atoms with van der Waals surface area (Å²) in [6.45, 7) is 27.0. The zero-order valence-electron chi connectivity index (χ0n) is 65.8. The van der Waals surface area contributed by atoms with Gasteiger partial charge in [0.1, 0.15) is 0 Å². The lowest BCUT2D eigenvalue weighted by atomic mass is 9.84. The second-order valence-corrected chi connectivity index (χ2v) is 31.6. The number of ketones is 8. The molecule has 17 nitrogen and oxygen atoms in total. The number of rotatable bonds is 23. The Morgan fingerprint density at radius 1 is 0.387 bits per heavy atom. The van der Waals surface area contributed by atoms with Crippen molar-refractivity contribution in [2.45, 2.75) is 183 Å². The van der Waals surface area contributed by atoms with Crippen LogP contribution in [0.3, 0.4) is 0 Å². The van der Waals surface area contributed by atoms with Crippen molar-refractivity contribution in [3.8, 4) is 0 Å². The number of nitrogens with zero attached hydrogens (tertiary/aromatic N) is 7. The molecule has 5 aliphatic carbocycles. The normalized spacial score (nSPS) is 15.9. The summed E-state index contributed by atoms with van der Waals surface area (Å²) in [5, 5.41) is 12.4. The van der Waals surface area contributed by atoms with Crippen LogP contribution in [0.1, 0.15) is 220 Å². The van der Waals surface area contributed by atoms with Gasteiger partial charge in [-0.1, -0.05) is 33.1 Å². The molecule has 0 unspecified atom stereocenters. The minimum Gasteiger partial charge on any atom is -0.379 e. The van der Waals surface area contributed by atoms with E-state index in [1.54, 1.807) is 41.5 Å². The minimum absolute atomic E-state index is 0.0543. The van der Waals surface area contributed by atoms with Gasteiger partial charge >= 0.3 is 0 Å². The highest BCUT2D eigenvalue weighted by Gasteiger charge is 2.35. The van der Waals surface area contributed by atoms with Crippen LogP contribution in [0.5, 0.6) is 0 Å². The molecule has 4 aromatic heterocycles. The lowest BCUT2D eigenvalue weighted by Gasteiger charge is -2.46. The van der Waals surface area contributed by atoms with Gasteiger partial charge < -0.3 is 33.2 Å². The smallest absolute Gasteiger partial charge is 0.163 e. The highest BCUT2D eigenvalue weighted by Crippen LogP contribution is 2.43. The number of nitrogens with one attached hydrogen (secondary N) is 1. The number of benzene rings is 8. The second kappa shape index (κ2) is 32.8. The summed E-state index contributed by atoms with van der Waals surface area (Å²) in [6, 6.07) is 46.0. The zero-order valence-corrected chi connectivity index (χ0v) is 65.8. The van der Waals surface area contributed by atoms with Crippen molar-refractivity contribution in [1.29, 1.82) is 0 Å². The molecule has 0 atom stereocenters.